The lowest BCUT2D eigenvalue weighted by atomic mass is 10.3. The number of morpholine rings is 1. The van der Waals surface area contributed by atoms with Crippen LogP contribution in [0, 0.1) is 0 Å². The average Bonchev–Trinajstić information content (AvgIpc) is 3.35. The Labute approximate surface area is 165 Å². The van der Waals surface area contributed by atoms with Crippen LogP contribution in [0.15, 0.2) is 22.7 Å². The molecule has 0 radical (unpaired) electrons. The van der Waals surface area contributed by atoms with Crippen LogP contribution in [-0.4, -0.2) is 69.7 Å². The monoisotopic (exact) mass is 410 g/mol. The highest BCUT2D eigenvalue weighted by Gasteiger charge is 2.25. The van der Waals surface area contributed by atoms with Gasteiger partial charge in [-0.1, -0.05) is 17.8 Å². The summed E-state index contributed by atoms with van der Waals surface area (Å²) >= 11 is 2.85. The van der Waals surface area contributed by atoms with Crippen LogP contribution in [0.2, 0.25) is 0 Å². The predicted molar refractivity (Wildman–Crippen MR) is 103 cm³/mol. The summed E-state index contributed by atoms with van der Waals surface area (Å²) in [5, 5.41) is 11.1. The molecule has 0 spiro atoms. The largest absolute Gasteiger partial charge is 0.452 e. The molecule has 10 heteroatoms. The number of nitrogens with zero attached hydrogens (tertiary/aromatic N) is 4. The average molecular weight is 411 g/mol. The maximum Gasteiger partial charge on any atom is 0.317 e. The number of carbonyl (C=O) groups excluding carboxylic acids is 2. The Balaban J connectivity index is 1.54. The van der Waals surface area contributed by atoms with Crippen molar-refractivity contribution in [2.45, 2.75) is 31.7 Å². The zero-order valence-electron chi connectivity index (χ0n) is 15.3. The third-order valence-electron chi connectivity index (χ3n) is 4.07. The second-order valence-corrected chi connectivity index (χ2v) is 7.78. The van der Waals surface area contributed by atoms with Crippen molar-refractivity contribution in [3.05, 3.63) is 17.5 Å². The number of carbonyl (C=O) groups is 2. The SMILES string of the molecule is CCn1c(SCC(=O)OC(C)C(=O)N2CCOCC2)nnc1-c1cccs1. The summed E-state index contributed by atoms with van der Waals surface area (Å²) in [6, 6.07) is 3.95. The minimum Gasteiger partial charge on any atom is -0.452 e. The molecule has 0 aromatic carbocycles. The van der Waals surface area contributed by atoms with Gasteiger partial charge in [0.2, 0.25) is 0 Å². The highest BCUT2D eigenvalue weighted by atomic mass is 32.2. The van der Waals surface area contributed by atoms with Crippen LogP contribution in [0.25, 0.3) is 10.7 Å². The van der Waals surface area contributed by atoms with E-state index in [2.05, 4.69) is 10.2 Å². The first-order valence-electron chi connectivity index (χ1n) is 8.76. The number of hydrogen-bond donors (Lipinski definition) is 0. The van der Waals surface area contributed by atoms with Gasteiger partial charge < -0.3 is 18.9 Å². The Bertz CT molecular complexity index is 772. The molecule has 3 heterocycles. The van der Waals surface area contributed by atoms with Gasteiger partial charge in [-0.2, -0.15) is 0 Å². The number of hydrogen-bond acceptors (Lipinski definition) is 8. The lowest BCUT2D eigenvalue weighted by Crippen LogP contribution is -2.46. The number of thiophene rings is 1. The van der Waals surface area contributed by atoms with E-state index in [0.717, 1.165) is 10.7 Å². The molecule has 1 amide bonds. The summed E-state index contributed by atoms with van der Waals surface area (Å²) in [5.74, 6) is 0.230. The summed E-state index contributed by atoms with van der Waals surface area (Å²) in [6.07, 6.45) is -0.804. The van der Waals surface area contributed by atoms with Gasteiger partial charge in [-0.25, -0.2) is 0 Å². The maximum absolute atomic E-state index is 12.3. The number of amides is 1. The molecule has 1 fully saturated rings. The Hall–Kier alpha value is -1.91. The molecule has 0 N–H and O–H groups in total. The van der Waals surface area contributed by atoms with E-state index < -0.39 is 12.1 Å². The summed E-state index contributed by atoms with van der Waals surface area (Å²) in [4.78, 5) is 27.2. The molecule has 0 saturated carbocycles. The van der Waals surface area contributed by atoms with Crippen molar-refractivity contribution in [2.24, 2.45) is 0 Å². The minimum atomic E-state index is -0.804. The first-order chi connectivity index (χ1) is 13.1. The van der Waals surface area contributed by atoms with E-state index in [0.29, 0.717) is 38.0 Å². The number of ether oxygens (including phenoxy) is 2. The lowest BCUT2D eigenvalue weighted by molar-refractivity contribution is -0.158. The molecular weight excluding hydrogens is 388 g/mol. The van der Waals surface area contributed by atoms with E-state index in [-0.39, 0.29) is 11.7 Å². The normalized spacial score (nSPS) is 15.6. The molecule has 0 aliphatic carbocycles. The fraction of sp³-hybridized carbons (Fsp3) is 0.529. The topological polar surface area (TPSA) is 86.5 Å². The zero-order chi connectivity index (χ0) is 19.2. The Morgan fingerprint density at radius 3 is 2.81 bits per heavy atom. The maximum atomic E-state index is 12.3. The quantitative estimate of drug-likeness (QED) is 0.509. The predicted octanol–water partition coefficient (Wildman–Crippen LogP) is 1.91. The number of aromatic nitrogens is 3. The first-order valence-corrected chi connectivity index (χ1v) is 10.6. The van der Waals surface area contributed by atoms with Crippen LogP contribution in [0.3, 0.4) is 0 Å². The van der Waals surface area contributed by atoms with Crippen LogP contribution >= 0.6 is 23.1 Å². The molecule has 1 unspecified atom stereocenters. The van der Waals surface area contributed by atoms with E-state index >= 15 is 0 Å². The molecule has 3 rings (SSSR count). The molecular formula is C17H22N4O4S2. The van der Waals surface area contributed by atoms with E-state index in [1.165, 1.54) is 11.8 Å². The number of thioether (sulfide) groups is 1. The first kappa shape index (κ1) is 19.8. The number of esters is 1. The van der Waals surface area contributed by atoms with E-state index in [1.54, 1.807) is 23.2 Å². The number of rotatable bonds is 7. The van der Waals surface area contributed by atoms with Gasteiger partial charge in [-0.15, -0.1) is 21.5 Å². The van der Waals surface area contributed by atoms with Crippen LogP contribution in [0.5, 0.6) is 0 Å². The van der Waals surface area contributed by atoms with Gasteiger partial charge in [0.05, 0.1) is 23.8 Å². The summed E-state index contributed by atoms with van der Waals surface area (Å²) in [7, 11) is 0. The van der Waals surface area contributed by atoms with E-state index in [1.807, 2.05) is 29.0 Å². The standard InChI is InChI=1S/C17H22N4O4S2/c1-3-21-15(13-5-4-10-26-13)18-19-17(21)27-11-14(22)25-12(2)16(23)20-6-8-24-9-7-20/h4-5,10,12H,3,6-9,11H2,1-2H3. The van der Waals surface area contributed by atoms with Gasteiger partial charge in [0, 0.05) is 19.6 Å². The molecule has 2 aromatic heterocycles. The molecule has 1 saturated heterocycles. The summed E-state index contributed by atoms with van der Waals surface area (Å²) < 4.78 is 12.5. The van der Waals surface area contributed by atoms with Crippen molar-refractivity contribution in [3.63, 3.8) is 0 Å². The van der Waals surface area contributed by atoms with Crippen LogP contribution in [0.4, 0.5) is 0 Å². The Kier molecular flexibility index (Phi) is 6.86. The third kappa shape index (κ3) is 4.88. The van der Waals surface area contributed by atoms with Crippen molar-refractivity contribution in [1.82, 2.24) is 19.7 Å². The van der Waals surface area contributed by atoms with Gasteiger partial charge in [0.15, 0.2) is 17.1 Å². The second-order valence-electron chi connectivity index (χ2n) is 5.89. The Morgan fingerprint density at radius 1 is 1.37 bits per heavy atom. The molecule has 146 valence electrons. The van der Waals surface area contributed by atoms with Crippen molar-refractivity contribution in [1.29, 1.82) is 0 Å². The third-order valence-corrected chi connectivity index (χ3v) is 5.88. The van der Waals surface area contributed by atoms with Crippen molar-refractivity contribution in [2.75, 3.05) is 32.1 Å². The summed E-state index contributed by atoms with van der Waals surface area (Å²) in [6.45, 7) is 6.39. The fourth-order valence-electron chi connectivity index (χ4n) is 2.71. The Morgan fingerprint density at radius 2 is 2.15 bits per heavy atom. The van der Waals surface area contributed by atoms with E-state index in [4.69, 9.17) is 9.47 Å². The molecule has 0 bridgehead atoms. The van der Waals surface area contributed by atoms with Crippen molar-refractivity contribution in [3.8, 4) is 10.7 Å². The highest BCUT2D eigenvalue weighted by molar-refractivity contribution is 7.99. The van der Waals surface area contributed by atoms with Crippen molar-refractivity contribution >= 4 is 35.0 Å². The van der Waals surface area contributed by atoms with Gasteiger partial charge in [-0.3, -0.25) is 9.59 Å². The fourth-order valence-corrected chi connectivity index (χ4v) is 4.22. The van der Waals surface area contributed by atoms with Crippen LogP contribution < -0.4 is 0 Å². The molecule has 1 aliphatic heterocycles. The van der Waals surface area contributed by atoms with Gasteiger partial charge >= 0.3 is 5.97 Å². The van der Waals surface area contributed by atoms with Crippen LogP contribution in [0.1, 0.15) is 13.8 Å². The van der Waals surface area contributed by atoms with Crippen molar-refractivity contribution < 1.29 is 19.1 Å². The molecule has 27 heavy (non-hydrogen) atoms. The highest BCUT2D eigenvalue weighted by Crippen LogP contribution is 2.27. The second kappa shape index (κ2) is 9.34. The van der Waals surface area contributed by atoms with Gasteiger partial charge in [0.25, 0.3) is 5.91 Å². The molecule has 1 atom stereocenters. The zero-order valence-corrected chi connectivity index (χ0v) is 16.9. The van der Waals surface area contributed by atoms with Crippen LogP contribution in [-0.2, 0) is 25.6 Å². The van der Waals surface area contributed by atoms with Gasteiger partial charge in [0.1, 0.15) is 0 Å². The molecule has 8 nitrogen and oxygen atoms in total. The smallest absolute Gasteiger partial charge is 0.317 e. The minimum absolute atomic E-state index is 0.0727. The molecule has 2 aromatic rings. The summed E-state index contributed by atoms with van der Waals surface area (Å²) in [5.41, 5.74) is 0. The van der Waals surface area contributed by atoms with Gasteiger partial charge in [-0.05, 0) is 25.3 Å². The lowest BCUT2D eigenvalue weighted by Gasteiger charge is -2.28. The van der Waals surface area contributed by atoms with E-state index in [9.17, 15) is 9.59 Å². The molecule has 1 aliphatic rings.